The summed E-state index contributed by atoms with van der Waals surface area (Å²) in [5, 5.41) is 3.31. The number of nitrogens with two attached hydrogens (primary N) is 1. The number of nitrogens with one attached hydrogen (secondary N) is 1. The summed E-state index contributed by atoms with van der Waals surface area (Å²) in [6.45, 7) is 0.601. The number of benzene rings is 2. The number of ether oxygens (including phenoxy) is 2. The lowest BCUT2D eigenvalue weighted by Crippen LogP contribution is -2.23. The molecule has 0 fully saturated rings. The van der Waals surface area contributed by atoms with Gasteiger partial charge in [0.2, 0.25) is 6.79 Å². The molecule has 2 aromatic rings. The first-order valence-electron chi connectivity index (χ1n) is 6.35. The first-order chi connectivity index (χ1) is 10.1. The Morgan fingerprint density at radius 2 is 2.00 bits per heavy atom. The summed E-state index contributed by atoms with van der Waals surface area (Å²) in [6.07, 6.45) is 0. The molecule has 0 unspecified atom stereocenters. The number of hydrogen-bond donors (Lipinski definition) is 2. The number of carbonyl (C=O) groups is 1. The van der Waals surface area contributed by atoms with Crippen LogP contribution in [0.3, 0.4) is 0 Å². The highest BCUT2D eigenvalue weighted by Crippen LogP contribution is 2.32. The number of nitrogen functional groups attached to an aromatic ring is 1. The molecule has 0 saturated heterocycles. The van der Waals surface area contributed by atoms with Gasteiger partial charge in [0.1, 0.15) is 0 Å². The van der Waals surface area contributed by atoms with Crippen molar-refractivity contribution in [3.05, 3.63) is 52.5 Å². The minimum Gasteiger partial charge on any atom is -0.454 e. The van der Waals surface area contributed by atoms with Gasteiger partial charge in [0.15, 0.2) is 11.5 Å². The average molecular weight is 305 g/mol. The molecule has 1 heterocycles. The van der Waals surface area contributed by atoms with E-state index in [-0.39, 0.29) is 12.7 Å². The topological polar surface area (TPSA) is 73.6 Å². The molecule has 0 atom stereocenters. The number of rotatable bonds is 3. The Hall–Kier alpha value is -2.40. The quantitative estimate of drug-likeness (QED) is 0.855. The molecule has 0 bridgehead atoms. The van der Waals surface area contributed by atoms with E-state index in [2.05, 4.69) is 5.32 Å². The molecule has 6 heteroatoms. The Kier molecular flexibility index (Phi) is 3.58. The van der Waals surface area contributed by atoms with Crippen molar-refractivity contribution in [2.75, 3.05) is 12.5 Å². The maximum absolute atomic E-state index is 12.1. The molecule has 1 aliphatic heterocycles. The van der Waals surface area contributed by atoms with Crippen LogP contribution in [-0.2, 0) is 6.54 Å². The van der Waals surface area contributed by atoms with Crippen molar-refractivity contribution in [2.45, 2.75) is 6.54 Å². The standard InChI is InChI=1S/C15H13ClN2O3/c16-10-2-3-11(12(17)6-10)15(19)18-7-9-1-4-13-14(5-9)21-8-20-13/h1-6H,7-8,17H2,(H,18,19). The largest absolute Gasteiger partial charge is 0.454 e. The van der Waals surface area contributed by atoms with E-state index >= 15 is 0 Å². The van der Waals surface area contributed by atoms with Crippen LogP contribution >= 0.6 is 11.6 Å². The van der Waals surface area contributed by atoms with Gasteiger partial charge in [-0.05, 0) is 35.9 Å². The molecule has 0 aliphatic carbocycles. The second-order valence-electron chi connectivity index (χ2n) is 4.60. The van der Waals surface area contributed by atoms with E-state index in [4.69, 9.17) is 26.8 Å². The smallest absolute Gasteiger partial charge is 0.253 e. The summed E-state index contributed by atoms with van der Waals surface area (Å²) < 4.78 is 10.5. The molecular formula is C15H13ClN2O3. The maximum Gasteiger partial charge on any atom is 0.253 e. The Balaban J connectivity index is 1.68. The predicted octanol–water partition coefficient (Wildman–Crippen LogP) is 2.58. The second-order valence-corrected chi connectivity index (χ2v) is 5.04. The number of halogens is 1. The molecule has 5 nitrogen and oxygen atoms in total. The second kappa shape index (κ2) is 5.54. The van der Waals surface area contributed by atoms with E-state index < -0.39 is 0 Å². The molecule has 1 amide bonds. The van der Waals surface area contributed by atoms with E-state index in [9.17, 15) is 4.79 Å². The summed E-state index contributed by atoms with van der Waals surface area (Å²) in [5.74, 6) is 1.15. The van der Waals surface area contributed by atoms with Gasteiger partial charge in [-0.2, -0.15) is 0 Å². The highest BCUT2D eigenvalue weighted by molar-refractivity contribution is 6.31. The van der Waals surface area contributed by atoms with Gasteiger partial charge >= 0.3 is 0 Å². The van der Waals surface area contributed by atoms with Crippen molar-refractivity contribution >= 4 is 23.2 Å². The zero-order chi connectivity index (χ0) is 14.8. The number of anilines is 1. The van der Waals surface area contributed by atoms with Crippen molar-refractivity contribution < 1.29 is 14.3 Å². The molecule has 0 spiro atoms. The molecule has 108 valence electrons. The number of fused-ring (bicyclic) bond motifs is 1. The van der Waals surface area contributed by atoms with Crippen LogP contribution in [0, 0.1) is 0 Å². The lowest BCUT2D eigenvalue weighted by Gasteiger charge is -2.08. The Labute approximate surface area is 126 Å². The van der Waals surface area contributed by atoms with Crippen LogP contribution in [0.4, 0.5) is 5.69 Å². The summed E-state index contributed by atoms with van der Waals surface area (Å²) in [5.41, 5.74) is 7.46. The zero-order valence-electron chi connectivity index (χ0n) is 11.1. The third-order valence-corrected chi connectivity index (χ3v) is 3.38. The minimum absolute atomic E-state index is 0.229. The Morgan fingerprint density at radius 1 is 1.19 bits per heavy atom. The number of hydrogen-bond acceptors (Lipinski definition) is 4. The molecule has 0 aromatic heterocycles. The monoisotopic (exact) mass is 304 g/mol. The number of carbonyl (C=O) groups excluding carboxylic acids is 1. The van der Waals surface area contributed by atoms with Gasteiger partial charge in [0.05, 0.1) is 5.56 Å². The fourth-order valence-electron chi connectivity index (χ4n) is 2.07. The highest BCUT2D eigenvalue weighted by atomic mass is 35.5. The van der Waals surface area contributed by atoms with E-state index in [1.54, 1.807) is 18.2 Å². The van der Waals surface area contributed by atoms with Crippen molar-refractivity contribution in [3.63, 3.8) is 0 Å². The lowest BCUT2D eigenvalue weighted by atomic mass is 10.1. The Morgan fingerprint density at radius 3 is 2.81 bits per heavy atom. The van der Waals surface area contributed by atoms with Gasteiger partial charge in [-0.25, -0.2) is 0 Å². The minimum atomic E-state index is -0.248. The van der Waals surface area contributed by atoms with E-state index in [1.165, 1.54) is 0 Å². The lowest BCUT2D eigenvalue weighted by molar-refractivity contribution is 0.0951. The first-order valence-corrected chi connectivity index (χ1v) is 6.73. The molecule has 0 radical (unpaired) electrons. The van der Waals surface area contributed by atoms with Crippen molar-refractivity contribution in [1.29, 1.82) is 0 Å². The van der Waals surface area contributed by atoms with Gasteiger partial charge in [-0.3, -0.25) is 4.79 Å². The van der Waals surface area contributed by atoms with Crippen LogP contribution in [0.1, 0.15) is 15.9 Å². The van der Waals surface area contributed by atoms with Crippen LogP contribution in [0.2, 0.25) is 5.02 Å². The normalized spacial score (nSPS) is 12.2. The third-order valence-electron chi connectivity index (χ3n) is 3.15. The molecule has 2 aromatic carbocycles. The fraction of sp³-hybridized carbons (Fsp3) is 0.133. The SMILES string of the molecule is Nc1cc(Cl)ccc1C(=O)NCc1ccc2c(c1)OCO2. The van der Waals surface area contributed by atoms with Gasteiger partial charge < -0.3 is 20.5 Å². The summed E-state index contributed by atoms with van der Waals surface area (Å²) >= 11 is 5.81. The van der Waals surface area contributed by atoms with Gasteiger partial charge in [0.25, 0.3) is 5.91 Å². The fourth-order valence-corrected chi connectivity index (χ4v) is 2.25. The summed E-state index contributed by atoms with van der Waals surface area (Å²) in [6, 6.07) is 10.3. The van der Waals surface area contributed by atoms with Crippen LogP contribution in [-0.4, -0.2) is 12.7 Å². The molecular weight excluding hydrogens is 292 g/mol. The predicted molar refractivity (Wildman–Crippen MR) is 79.6 cm³/mol. The molecule has 0 saturated carbocycles. The van der Waals surface area contributed by atoms with Crippen LogP contribution in [0.5, 0.6) is 11.5 Å². The zero-order valence-corrected chi connectivity index (χ0v) is 11.8. The van der Waals surface area contributed by atoms with E-state index in [1.807, 2.05) is 18.2 Å². The van der Waals surface area contributed by atoms with Crippen LogP contribution < -0.4 is 20.5 Å². The van der Waals surface area contributed by atoms with Crippen LogP contribution in [0.25, 0.3) is 0 Å². The van der Waals surface area contributed by atoms with Gasteiger partial charge in [-0.15, -0.1) is 0 Å². The van der Waals surface area contributed by atoms with Crippen molar-refractivity contribution in [1.82, 2.24) is 5.32 Å². The summed E-state index contributed by atoms with van der Waals surface area (Å²) in [7, 11) is 0. The molecule has 3 N–H and O–H groups in total. The molecule has 1 aliphatic rings. The average Bonchev–Trinajstić information content (AvgIpc) is 2.92. The summed E-state index contributed by atoms with van der Waals surface area (Å²) in [4.78, 5) is 12.1. The van der Waals surface area contributed by atoms with Crippen molar-refractivity contribution in [3.8, 4) is 11.5 Å². The third kappa shape index (κ3) is 2.87. The molecule has 3 rings (SSSR count). The highest BCUT2D eigenvalue weighted by Gasteiger charge is 2.14. The molecule has 21 heavy (non-hydrogen) atoms. The number of amides is 1. The van der Waals surface area contributed by atoms with Crippen molar-refractivity contribution in [2.24, 2.45) is 0 Å². The van der Waals surface area contributed by atoms with Crippen LogP contribution in [0.15, 0.2) is 36.4 Å². The maximum atomic E-state index is 12.1. The van der Waals surface area contributed by atoms with Gasteiger partial charge in [0, 0.05) is 17.3 Å². The van der Waals surface area contributed by atoms with Gasteiger partial charge in [-0.1, -0.05) is 17.7 Å². The first kappa shape index (κ1) is 13.6. The Bertz CT molecular complexity index is 703. The van der Waals surface area contributed by atoms with E-state index in [0.29, 0.717) is 34.3 Å². The van der Waals surface area contributed by atoms with E-state index in [0.717, 1.165) is 5.56 Å².